The number of phenolic OH excluding ortho intramolecular Hbond substituents is 2. The van der Waals surface area contributed by atoms with E-state index in [0.717, 1.165) is 9.79 Å². The van der Waals surface area contributed by atoms with E-state index in [9.17, 15) is 15.0 Å². The van der Waals surface area contributed by atoms with Gasteiger partial charge in [-0.2, -0.15) is 0 Å². The van der Waals surface area contributed by atoms with Gasteiger partial charge in [0.25, 0.3) is 0 Å². The van der Waals surface area contributed by atoms with Gasteiger partial charge in [-0.05, 0) is 60.7 Å². The summed E-state index contributed by atoms with van der Waals surface area (Å²) in [5.41, 5.74) is 1.14. The van der Waals surface area contributed by atoms with E-state index in [4.69, 9.17) is 0 Å². The van der Waals surface area contributed by atoms with Crippen molar-refractivity contribution in [2.24, 2.45) is 0 Å². The largest absolute Gasteiger partial charge is 0.508 e. The summed E-state index contributed by atoms with van der Waals surface area (Å²) in [6, 6.07) is 20.5. The first-order chi connectivity index (χ1) is 11.1. The van der Waals surface area contributed by atoms with Crippen LogP contribution in [0.5, 0.6) is 11.5 Å². The van der Waals surface area contributed by atoms with Crippen molar-refractivity contribution in [3.63, 3.8) is 0 Å². The minimum Gasteiger partial charge on any atom is -0.508 e. The Morgan fingerprint density at radius 3 is 1.96 bits per heavy atom. The monoisotopic (exact) mass is 322 g/mol. The lowest BCUT2D eigenvalue weighted by Gasteiger charge is -2.09. The quantitative estimate of drug-likeness (QED) is 0.695. The predicted octanol–water partition coefficient (Wildman–Crippen LogP) is 4.48. The number of carbonyl (C=O) groups excluding carboxylic acids is 1. The molecule has 3 rings (SSSR count). The zero-order valence-corrected chi connectivity index (χ0v) is 13.0. The van der Waals surface area contributed by atoms with E-state index in [1.54, 1.807) is 30.3 Å². The van der Waals surface area contributed by atoms with Crippen LogP contribution in [0.4, 0.5) is 0 Å². The number of aromatic hydroxyl groups is 2. The second-order valence-corrected chi connectivity index (χ2v) is 6.08. The summed E-state index contributed by atoms with van der Waals surface area (Å²) in [5, 5.41) is 18.7. The number of rotatable bonds is 4. The number of hydrogen-bond acceptors (Lipinski definition) is 4. The van der Waals surface area contributed by atoms with Crippen LogP contribution >= 0.6 is 11.8 Å². The van der Waals surface area contributed by atoms with E-state index < -0.39 is 0 Å². The van der Waals surface area contributed by atoms with Gasteiger partial charge in [0.15, 0.2) is 5.78 Å². The molecule has 0 amide bonds. The lowest BCUT2D eigenvalue weighted by Crippen LogP contribution is -2.02. The normalized spacial score (nSPS) is 10.4. The maximum Gasteiger partial charge on any atom is 0.194 e. The van der Waals surface area contributed by atoms with Gasteiger partial charge in [0.05, 0.1) is 0 Å². The van der Waals surface area contributed by atoms with Gasteiger partial charge in [0.1, 0.15) is 11.5 Å². The zero-order valence-electron chi connectivity index (χ0n) is 12.1. The molecule has 0 saturated carbocycles. The lowest BCUT2D eigenvalue weighted by atomic mass is 10.0. The molecule has 0 radical (unpaired) electrons. The molecule has 0 unspecified atom stereocenters. The number of carbonyl (C=O) groups is 1. The van der Waals surface area contributed by atoms with E-state index in [0.29, 0.717) is 11.1 Å². The summed E-state index contributed by atoms with van der Waals surface area (Å²) in [7, 11) is 0. The minimum atomic E-state index is -0.0909. The number of phenols is 2. The third-order valence-corrected chi connectivity index (χ3v) is 4.41. The molecule has 0 saturated heterocycles. The molecule has 0 fully saturated rings. The Kier molecular flexibility index (Phi) is 4.35. The molecule has 0 spiro atoms. The SMILES string of the molecule is O=C(c1ccc(O)cc1)c1ccccc1Sc1ccc(O)cc1. The third-order valence-electron chi connectivity index (χ3n) is 3.33. The van der Waals surface area contributed by atoms with Gasteiger partial charge in [-0.15, -0.1) is 0 Å². The molecule has 0 atom stereocenters. The fraction of sp³-hybridized carbons (Fsp3) is 0. The van der Waals surface area contributed by atoms with Crippen LogP contribution in [0.3, 0.4) is 0 Å². The summed E-state index contributed by atoms with van der Waals surface area (Å²) in [5.74, 6) is 0.253. The Morgan fingerprint density at radius 1 is 0.739 bits per heavy atom. The van der Waals surface area contributed by atoms with E-state index in [2.05, 4.69) is 0 Å². The lowest BCUT2D eigenvalue weighted by molar-refractivity contribution is 0.103. The molecule has 0 aliphatic rings. The van der Waals surface area contributed by atoms with E-state index in [1.165, 1.54) is 23.9 Å². The highest BCUT2D eigenvalue weighted by atomic mass is 32.2. The molecule has 23 heavy (non-hydrogen) atoms. The van der Waals surface area contributed by atoms with Gasteiger partial charge in [-0.25, -0.2) is 0 Å². The molecule has 0 aliphatic carbocycles. The summed E-state index contributed by atoms with van der Waals surface area (Å²) in [6.45, 7) is 0. The second kappa shape index (κ2) is 6.58. The van der Waals surface area contributed by atoms with Gasteiger partial charge in [-0.3, -0.25) is 4.79 Å². The summed E-state index contributed by atoms with van der Waals surface area (Å²) in [4.78, 5) is 14.5. The molecule has 3 aromatic rings. The summed E-state index contributed by atoms with van der Waals surface area (Å²) in [6.07, 6.45) is 0. The third kappa shape index (κ3) is 3.55. The average molecular weight is 322 g/mol. The molecular formula is C19H14O3S. The van der Waals surface area contributed by atoms with Crippen LogP contribution in [-0.4, -0.2) is 16.0 Å². The van der Waals surface area contributed by atoms with Crippen LogP contribution in [0.15, 0.2) is 82.6 Å². The van der Waals surface area contributed by atoms with Crippen molar-refractivity contribution in [2.75, 3.05) is 0 Å². The molecule has 3 nitrogen and oxygen atoms in total. The molecular weight excluding hydrogens is 308 g/mol. The van der Waals surface area contributed by atoms with Crippen molar-refractivity contribution in [3.8, 4) is 11.5 Å². The van der Waals surface area contributed by atoms with Crippen molar-refractivity contribution < 1.29 is 15.0 Å². The second-order valence-electron chi connectivity index (χ2n) is 4.97. The van der Waals surface area contributed by atoms with Crippen LogP contribution in [0, 0.1) is 0 Å². The smallest absolute Gasteiger partial charge is 0.194 e. The van der Waals surface area contributed by atoms with Crippen molar-refractivity contribution in [1.29, 1.82) is 0 Å². The maximum atomic E-state index is 12.7. The Labute approximate surface area is 138 Å². The van der Waals surface area contributed by atoms with Gasteiger partial charge >= 0.3 is 0 Å². The van der Waals surface area contributed by atoms with E-state index >= 15 is 0 Å². The highest BCUT2D eigenvalue weighted by Gasteiger charge is 2.14. The van der Waals surface area contributed by atoms with Crippen LogP contribution < -0.4 is 0 Å². The summed E-state index contributed by atoms with van der Waals surface area (Å²) < 4.78 is 0. The first-order valence-electron chi connectivity index (χ1n) is 7.03. The van der Waals surface area contributed by atoms with Crippen molar-refractivity contribution >= 4 is 17.5 Å². The Balaban J connectivity index is 1.92. The van der Waals surface area contributed by atoms with Crippen molar-refractivity contribution in [2.45, 2.75) is 9.79 Å². The molecule has 114 valence electrons. The molecule has 2 N–H and O–H groups in total. The fourth-order valence-electron chi connectivity index (χ4n) is 2.15. The zero-order chi connectivity index (χ0) is 16.2. The maximum absolute atomic E-state index is 12.7. The average Bonchev–Trinajstić information content (AvgIpc) is 2.57. The van der Waals surface area contributed by atoms with Crippen LogP contribution in [-0.2, 0) is 0 Å². The predicted molar refractivity (Wildman–Crippen MR) is 90.2 cm³/mol. The van der Waals surface area contributed by atoms with Gasteiger partial charge in [0.2, 0.25) is 0 Å². The Hall–Kier alpha value is -2.72. The molecule has 0 aromatic heterocycles. The van der Waals surface area contributed by atoms with Gasteiger partial charge in [0, 0.05) is 20.9 Å². The van der Waals surface area contributed by atoms with Crippen molar-refractivity contribution in [1.82, 2.24) is 0 Å². The fourth-order valence-corrected chi connectivity index (χ4v) is 3.10. The van der Waals surface area contributed by atoms with E-state index in [-0.39, 0.29) is 17.3 Å². The number of ketones is 1. The van der Waals surface area contributed by atoms with Crippen LogP contribution in [0.1, 0.15) is 15.9 Å². The molecule has 0 heterocycles. The molecule has 0 aliphatic heterocycles. The van der Waals surface area contributed by atoms with Gasteiger partial charge in [-0.1, -0.05) is 23.9 Å². The Bertz CT molecular complexity index is 824. The topological polar surface area (TPSA) is 57.5 Å². The summed E-state index contributed by atoms with van der Waals surface area (Å²) >= 11 is 1.47. The van der Waals surface area contributed by atoms with E-state index in [1.807, 2.05) is 30.3 Å². The van der Waals surface area contributed by atoms with Crippen LogP contribution in [0.2, 0.25) is 0 Å². The van der Waals surface area contributed by atoms with Crippen molar-refractivity contribution in [3.05, 3.63) is 83.9 Å². The highest BCUT2D eigenvalue weighted by molar-refractivity contribution is 7.99. The standard InChI is InChI=1S/C19H14O3S/c20-14-7-5-13(6-8-14)19(22)17-3-1-2-4-18(17)23-16-11-9-15(21)10-12-16/h1-12,20-21H. The minimum absolute atomic E-state index is 0.0909. The first kappa shape index (κ1) is 15.2. The van der Waals surface area contributed by atoms with Gasteiger partial charge < -0.3 is 10.2 Å². The first-order valence-corrected chi connectivity index (χ1v) is 7.85. The Morgan fingerprint density at radius 2 is 1.30 bits per heavy atom. The number of benzene rings is 3. The molecule has 0 bridgehead atoms. The molecule has 3 aromatic carbocycles. The number of hydrogen-bond donors (Lipinski definition) is 2. The van der Waals surface area contributed by atoms with Crippen LogP contribution in [0.25, 0.3) is 0 Å². The highest BCUT2D eigenvalue weighted by Crippen LogP contribution is 2.32. The molecule has 4 heteroatoms.